The molecular formula is C19H16ClF3N4O2. The van der Waals surface area contributed by atoms with E-state index in [2.05, 4.69) is 4.98 Å². The summed E-state index contributed by atoms with van der Waals surface area (Å²) in [5, 5.41) is 22.0. The highest BCUT2D eigenvalue weighted by atomic mass is 35.5. The van der Waals surface area contributed by atoms with Crippen molar-refractivity contribution < 1.29 is 23.1 Å². The maximum absolute atomic E-state index is 12.2. The number of nitrogens with one attached hydrogen (secondary N) is 1. The quantitative estimate of drug-likeness (QED) is 0.787. The van der Waals surface area contributed by atoms with Gasteiger partial charge in [0.05, 0.1) is 17.1 Å². The lowest BCUT2D eigenvalue weighted by atomic mass is 9.94. The number of β-amino-alcohol motifs (C(OH)–C–C–N with tert-alkyl or cyclic N) is 1. The van der Waals surface area contributed by atoms with Crippen LogP contribution < -0.4 is 10.2 Å². The number of rotatable bonds is 4. The van der Waals surface area contributed by atoms with E-state index in [1.54, 1.807) is 23.5 Å². The number of amides is 1. The number of pyridine rings is 1. The van der Waals surface area contributed by atoms with Gasteiger partial charge in [-0.1, -0.05) is 17.7 Å². The first-order chi connectivity index (χ1) is 13.6. The van der Waals surface area contributed by atoms with E-state index in [0.29, 0.717) is 29.1 Å². The van der Waals surface area contributed by atoms with Gasteiger partial charge in [-0.25, -0.2) is 0 Å². The maximum atomic E-state index is 12.2. The SMILES string of the molecule is N#Cc1ccc(N2CCC(O)(c3ccc(C(=O)NCC(F)(F)F)nc3)C2)cc1Cl. The average molecular weight is 425 g/mol. The molecule has 0 spiro atoms. The number of alkyl halides is 3. The highest BCUT2D eigenvalue weighted by Gasteiger charge is 2.38. The number of nitrogens with zero attached hydrogens (tertiary/aromatic N) is 3. The number of carbonyl (C=O) groups is 1. The molecule has 2 N–H and O–H groups in total. The van der Waals surface area contributed by atoms with Crippen molar-refractivity contribution in [3.8, 4) is 6.07 Å². The van der Waals surface area contributed by atoms with Crippen LogP contribution in [0.2, 0.25) is 5.02 Å². The molecule has 1 atom stereocenters. The van der Waals surface area contributed by atoms with Gasteiger partial charge >= 0.3 is 6.18 Å². The average Bonchev–Trinajstić information content (AvgIpc) is 3.09. The number of anilines is 1. The number of aliphatic hydroxyl groups is 1. The van der Waals surface area contributed by atoms with Gasteiger partial charge in [-0.2, -0.15) is 18.4 Å². The van der Waals surface area contributed by atoms with E-state index in [4.69, 9.17) is 16.9 Å². The van der Waals surface area contributed by atoms with E-state index < -0.39 is 24.2 Å². The molecule has 0 aliphatic carbocycles. The molecule has 1 aromatic carbocycles. The van der Waals surface area contributed by atoms with E-state index in [0.717, 1.165) is 5.69 Å². The summed E-state index contributed by atoms with van der Waals surface area (Å²) < 4.78 is 36.6. The number of hydrogen-bond acceptors (Lipinski definition) is 5. The Hall–Kier alpha value is -2.83. The first-order valence-electron chi connectivity index (χ1n) is 8.60. The zero-order valence-electron chi connectivity index (χ0n) is 15.0. The van der Waals surface area contributed by atoms with Crippen LogP contribution in [-0.4, -0.2) is 41.8 Å². The minimum atomic E-state index is -4.51. The minimum absolute atomic E-state index is 0.171. The summed E-state index contributed by atoms with van der Waals surface area (Å²) in [6.07, 6.45) is -2.84. The first-order valence-corrected chi connectivity index (χ1v) is 8.97. The highest BCUT2D eigenvalue weighted by molar-refractivity contribution is 6.32. The fourth-order valence-corrected chi connectivity index (χ4v) is 3.33. The molecule has 0 bridgehead atoms. The molecule has 1 aliphatic heterocycles. The van der Waals surface area contributed by atoms with Crippen molar-refractivity contribution in [2.24, 2.45) is 0 Å². The van der Waals surface area contributed by atoms with E-state index in [9.17, 15) is 23.1 Å². The number of halogens is 4. The Balaban J connectivity index is 1.70. The molecule has 1 fully saturated rings. The zero-order chi connectivity index (χ0) is 21.2. The van der Waals surface area contributed by atoms with Gasteiger partial charge in [0.25, 0.3) is 5.91 Å². The maximum Gasteiger partial charge on any atom is 0.405 e. The smallest absolute Gasteiger partial charge is 0.383 e. The van der Waals surface area contributed by atoms with Gasteiger partial charge < -0.3 is 15.3 Å². The van der Waals surface area contributed by atoms with Gasteiger partial charge in [-0.3, -0.25) is 9.78 Å². The summed E-state index contributed by atoms with van der Waals surface area (Å²) >= 11 is 6.07. The third-order valence-electron chi connectivity index (χ3n) is 4.67. The Morgan fingerprint density at radius 2 is 2.14 bits per heavy atom. The van der Waals surface area contributed by atoms with Crippen LogP contribution >= 0.6 is 11.6 Å². The molecule has 1 unspecified atom stereocenters. The lowest BCUT2D eigenvalue weighted by Crippen LogP contribution is -2.34. The lowest BCUT2D eigenvalue weighted by molar-refractivity contribution is -0.123. The summed E-state index contributed by atoms with van der Waals surface area (Å²) in [6, 6.07) is 9.73. The second-order valence-electron chi connectivity index (χ2n) is 6.71. The van der Waals surface area contributed by atoms with Crippen LogP contribution in [0.4, 0.5) is 18.9 Å². The number of hydrogen-bond donors (Lipinski definition) is 2. The molecule has 0 radical (unpaired) electrons. The Morgan fingerprint density at radius 3 is 2.72 bits per heavy atom. The number of carbonyl (C=O) groups excluding carboxylic acids is 1. The van der Waals surface area contributed by atoms with Crippen LogP contribution in [0.1, 0.15) is 28.0 Å². The lowest BCUT2D eigenvalue weighted by Gasteiger charge is -2.25. The van der Waals surface area contributed by atoms with Crippen LogP contribution in [0.3, 0.4) is 0 Å². The third kappa shape index (κ3) is 4.78. The number of benzene rings is 1. The summed E-state index contributed by atoms with van der Waals surface area (Å²) in [7, 11) is 0. The molecule has 152 valence electrons. The molecule has 10 heteroatoms. The fourth-order valence-electron chi connectivity index (χ4n) is 3.12. The molecule has 1 amide bonds. The molecule has 29 heavy (non-hydrogen) atoms. The van der Waals surface area contributed by atoms with Gasteiger partial charge in [0.1, 0.15) is 23.9 Å². The molecule has 0 saturated carbocycles. The van der Waals surface area contributed by atoms with E-state index in [-0.39, 0.29) is 12.2 Å². The van der Waals surface area contributed by atoms with Crippen molar-refractivity contribution in [3.05, 3.63) is 58.4 Å². The molecular weight excluding hydrogens is 409 g/mol. The van der Waals surface area contributed by atoms with Gasteiger partial charge in [-0.05, 0) is 30.7 Å². The topological polar surface area (TPSA) is 89.3 Å². The molecule has 2 aromatic rings. The van der Waals surface area contributed by atoms with Crippen molar-refractivity contribution in [2.75, 3.05) is 24.5 Å². The monoisotopic (exact) mass is 424 g/mol. The summed E-state index contributed by atoms with van der Waals surface area (Å²) in [5.74, 6) is -0.943. The fraction of sp³-hybridized carbons (Fsp3) is 0.316. The largest absolute Gasteiger partial charge is 0.405 e. The van der Waals surface area contributed by atoms with Gasteiger partial charge in [0.15, 0.2) is 0 Å². The van der Waals surface area contributed by atoms with Crippen molar-refractivity contribution in [3.63, 3.8) is 0 Å². The Bertz CT molecular complexity index is 959. The van der Waals surface area contributed by atoms with Crippen molar-refractivity contribution >= 4 is 23.2 Å². The van der Waals surface area contributed by atoms with Crippen LogP contribution in [0.25, 0.3) is 0 Å². The van der Waals surface area contributed by atoms with E-state index >= 15 is 0 Å². The van der Waals surface area contributed by atoms with Crippen LogP contribution in [0, 0.1) is 11.3 Å². The standard InChI is InChI=1S/C19H16ClF3N4O2/c20-15-7-14(3-1-12(15)8-24)27-6-5-18(29,11-27)13-2-4-16(25-9-13)17(28)26-10-19(21,22)23/h1-4,7,9,29H,5-6,10-11H2,(H,26,28). The highest BCUT2D eigenvalue weighted by Crippen LogP contribution is 2.35. The Kier molecular flexibility index (Phi) is 5.68. The normalized spacial score (nSPS) is 19.1. The molecule has 2 heterocycles. The first kappa shape index (κ1) is 20.9. The second kappa shape index (κ2) is 7.89. The number of aromatic nitrogens is 1. The van der Waals surface area contributed by atoms with Crippen LogP contribution in [0.15, 0.2) is 36.5 Å². The van der Waals surface area contributed by atoms with Crippen molar-refractivity contribution in [2.45, 2.75) is 18.2 Å². The number of nitriles is 1. The molecule has 1 saturated heterocycles. The van der Waals surface area contributed by atoms with Gasteiger partial charge in [0.2, 0.25) is 0 Å². The van der Waals surface area contributed by atoms with Crippen molar-refractivity contribution in [1.29, 1.82) is 5.26 Å². The van der Waals surface area contributed by atoms with Gasteiger partial charge in [0, 0.05) is 24.0 Å². The molecule has 6 nitrogen and oxygen atoms in total. The second-order valence-corrected chi connectivity index (χ2v) is 7.12. The molecule has 1 aromatic heterocycles. The van der Waals surface area contributed by atoms with Crippen LogP contribution in [0.5, 0.6) is 0 Å². The summed E-state index contributed by atoms with van der Waals surface area (Å²) in [4.78, 5) is 17.5. The summed E-state index contributed by atoms with van der Waals surface area (Å²) in [5.41, 5.74) is 0.144. The Morgan fingerprint density at radius 1 is 1.38 bits per heavy atom. The predicted molar refractivity (Wildman–Crippen MR) is 99.5 cm³/mol. The Labute approximate surface area is 169 Å². The molecule has 3 rings (SSSR count). The summed E-state index contributed by atoms with van der Waals surface area (Å²) in [6.45, 7) is -0.690. The predicted octanol–water partition coefficient (Wildman–Crippen LogP) is 3.00. The van der Waals surface area contributed by atoms with E-state index in [1.807, 2.05) is 11.0 Å². The molecule has 1 aliphatic rings. The van der Waals surface area contributed by atoms with Crippen LogP contribution in [-0.2, 0) is 5.60 Å². The minimum Gasteiger partial charge on any atom is -0.383 e. The van der Waals surface area contributed by atoms with Crippen molar-refractivity contribution in [1.82, 2.24) is 10.3 Å². The third-order valence-corrected chi connectivity index (χ3v) is 4.98. The van der Waals surface area contributed by atoms with E-state index in [1.165, 1.54) is 18.3 Å². The zero-order valence-corrected chi connectivity index (χ0v) is 15.8. The van der Waals surface area contributed by atoms with Gasteiger partial charge in [-0.15, -0.1) is 0 Å².